The van der Waals surface area contributed by atoms with E-state index in [0.29, 0.717) is 11.7 Å². The van der Waals surface area contributed by atoms with Gasteiger partial charge in [-0.3, -0.25) is 0 Å². The Balaban J connectivity index is 1.54. The SMILES string of the molecule is c1csc(-c2noc(-c3ccc(N4CCCNCC4)nc3)n2)c1. The first-order valence-electron chi connectivity index (χ1n) is 7.70. The van der Waals surface area contributed by atoms with Crippen LogP contribution in [-0.2, 0) is 0 Å². The van der Waals surface area contributed by atoms with Gasteiger partial charge in [0.2, 0.25) is 5.82 Å². The number of pyridine rings is 1. The summed E-state index contributed by atoms with van der Waals surface area (Å²) in [5.41, 5.74) is 0.844. The van der Waals surface area contributed by atoms with Crippen LogP contribution in [0.5, 0.6) is 0 Å². The van der Waals surface area contributed by atoms with E-state index in [1.807, 2.05) is 29.6 Å². The van der Waals surface area contributed by atoms with Crippen molar-refractivity contribution in [3.05, 3.63) is 35.8 Å². The van der Waals surface area contributed by atoms with Gasteiger partial charge in [0.15, 0.2) is 0 Å². The van der Waals surface area contributed by atoms with Crippen LogP contribution >= 0.6 is 11.3 Å². The normalized spacial score (nSPS) is 15.6. The van der Waals surface area contributed by atoms with Crippen LogP contribution in [0.3, 0.4) is 0 Å². The molecule has 0 saturated carbocycles. The van der Waals surface area contributed by atoms with Gasteiger partial charge in [-0.15, -0.1) is 11.3 Å². The van der Waals surface area contributed by atoms with Crippen molar-refractivity contribution in [2.45, 2.75) is 6.42 Å². The van der Waals surface area contributed by atoms with Crippen molar-refractivity contribution in [1.82, 2.24) is 20.4 Å². The third-order valence-electron chi connectivity index (χ3n) is 3.83. The molecule has 118 valence electrons. The molecule has 0 bridgehead atoms. The number of nitrogens with zero attached hydrogens (tertiary/aromatic N) is 4. The van der Waals surface area contributed by atoms with Gasteiger partial charge in [-0.25, -0.2) is 4.98 Å². The molecule has 4 heterocycles. The molecule has 1 fully saturated rings. The molecule has 6 nitrogen and oxygen atoms in total. The zero-order valence-corrected chi connectivity index (χ0v) is 13.4. The van der Waals surface area contributed by atoms with Crippen LogP contribution < -0.4 is 10.2 Å². The lowest BCUT2D eigenvalue weighted by atomic mass is 10.2. The second-order valence-corrected chi connectivity index (χ2v) is 6.34. The third-order valence-corrected chi connectivity index (χ3v) is 4.69. The summed E-state index contributed by atoms with van der Waals surface area (Å²) in [5.74, 6) is 2.12. The van der Waals surface area contributed by atoms with Gasteiger partial charge in [0.05, 0.1) is 10.4 Å². The first-order chi connectivity index (χ1) is 11.4. The van der Waals surface area contributed by atoms with Crippen molar-refractivity contribution in [3.8, 4) is 22.2 Å². The average Bonchev–Trinajstić information content (AvgIpc) is 3.22. The largest absolute Gasteiger partial charge is 0.355 e. The summed E-state index contributed by atoms with van der Waals surface area (Å²) in [6.07, 6.45) is 2.94. The lowest BCUT2D eigenvalue weighted by Crippen LogP contribution is -2.28. The number of hydrogen-bond donors (Lipinski definition) is 1. The number of nitrogens with one attached hydrogen (secondary N) is 1. The number of hydrogen-bond acceptors (Lipinski definition) is 7. The maximum atomic E-state index is 5.36. The minimum atomic E-state index is 0.505. The van der Waals surface area contributed by atoms with Gasteiger partial charge >= 0.3 is 0 Å². The molecule has 23 heavy (non-hydrogen) atoms. The number of aromatic nitrogens is 3. The fraction of sp³-hybridized carbons (Fsp3) is 0.312. The van der Waals surface area contributed by atoms with E-state index in [9.17, 15) is 0 Å². The highest BCUT2D eigenvalue weighted by atomic mass is 32.1. The molecular weight excluding hydrogens is 310 g/mol. The van der Waals surface area contributed by atoms with Gasteiger partial charge < -0.3 is 14.7 Å². The van der Waals surface area contributed by atoms with E-state index in [1.54, 1.807) is 17.5 Å². The highest BCUT2D eigenvalue weighted by molar-refractivity contribution is 7.13. The Morgan fingerprint density at radius 2 is 2.17 bits per heavy atom. The zero-order chi connectivity index (χ0) is 15.5. The average molecular weight is 327 g/mol. The van der Waals surface area contributed by atoms with E-state index >= 15 is 0 Å². The second-order valence-electron chi connectivity index (χ2n) is 5.40. The Morgan fingerprint density at radius 3 is 3.00 bits per heavy atom. The molecule has 0 spiro atoms. The van der Waals surface area contributed by atoms with Crippen LogP contribution in [0.1, 0.15) is 6.42 Å². The van der Waals surface area contributed by atoms with Crippen molar-refractivity contribution in [3.63, 3.8) is 0 Å². The summed E-state index contributed by atoms with van der Waals surface area (Å²) in [4.78, 5) is 12.3. The summed E-state index contributed by atoms with van der Waals surface area (Å²) in [5, 5.41) is 9.43. The first-order valence-corrected chi connectivity index (χ1v) is 8.58. The predicted octanol–water partition coefficient (Wildman–Crippen LogP) is 2.66. The minimum Gasteiger partial charge on any atom is -0.355 e. The van der Waals surface area contributed by atoms with Crippen LogP contribution in [-0.4, -0.2) is 41.3 Å². The Hall–Kier alpha value is -2.25. The Bertz CT molecular complexity index is 745. The molecule has 3 aromatic heterocycles. The molecule has 4 rings (SSSR count). The lowest BCUT2D eigenvalue weighted by molar-refractivity contribution is 0.432. The van der Waals surface area contributed by atoms with E-state index in [0.717, 1.165) is 48.9 Å². The maximum absolute atomic E-state index is 5.36. The molecule has 1 saturated heterocycles. The molecular formula is C16H17N5OS. The first kappa shape index (κ1) is 14.3. The quantitative estimate of drug-likeness (QED) is 0.798. The Morgan fingerprint density at radius 1 is 1.17 bits per heavy atom. The summed E-state index contributed by atoms with van der Waals surface area (Å²) in [7, 11) is 0. The van der Waals surface area contributed by atoms with E-state index < -0.39 is 0 Å². The van der Waals surface area contributed by atoms with Gasteiger partial charge in [-0.2, -0.15) is 4.98 Å². The monoisotopic (exact) mass is 327 g/mol. The fourth-order valence-electron chi connectivity index (χ4n) is 2.62. The molecule has 0 atom stereocenters. The van der Waals surface area contributed by atoms with Gasteiger partial charge in [0.1, 0.15) is 5.82 Å². The lowest BCUT2D eigenvalue weighted by Gasteiger charge is -2.20. The van der Waals surface area contributed by atoms with Crippen molar-refractivity contribution >= 4 is 17.2 Å². The molecule has 0 amide bonds. The van der Waals surface area contributed by atoms with Crippen LogP contribution in [0.15, 0.2) is 40.4 Å². The highest BCUT2D eigenvalue weighted by Gasteiger charge is 2.14. The van der Waals surface area contributed by atoms with Gasteiger partial charge in [0.25, 0.3) is 5.89 Å². The molecule has 0 unspecified atom stereocenters. The zero-order valence-electron chi connectivity index (χ0n) is 12.6. The molecule has 1 aliphatic heterocycles. The number of rotatable bonds is 3. The Labute approximate surface area is 138 Å². The van der Waals surface area contributed by atoms with Gasteiger partial charge in [-0.05, 0) is 36.5 Å². The minimum absolute atomic E-state index is 0.505. The third kappa shape index (κ3) is 3.11. The molecule has 1 aliphatic rings. The standard InChI is InChI=1S/C16H17N5OS/c1-3-13(23-10-1)15-19-16(22-20-15)12-4-5-14(18-11-12)21-8-2-6-17-7-9-21/h1,3-5,10-11,17H,2,6-9H2. The summed E-state index contributed by atoms with van der Waals surface area (Å²) >= 11 is 1.59. The highest BCUT2D eigenvalue weighted by Crippen LogP contribution is 2.25. The summed E-state index contributed by atoms with van der Waals surface area (Å²) in [6, 6.07) is 7.97. The van der Waals surface area contributed by atoms with E-state index in [-0.39, 0.29) is 0 Å². The smallest absolute Gasteiger partial charge is 0.259 e. The second kappa shape index (κ2) is 6.47. The summed E-state index contributed by atoms with van der Waals surface area (Å²) in [6.45, 7) is 4.08. The van der Waals surface area contributed by atoms with Crippen molar-refractivity contribution in [1.29, 1.82) is 0 Å². The van der Waals surface area contributed by atoms with Crippen molar-refractivity contribution < 1.29 is 4.52 Å². The van der Waals surface area contributed by atoms with Crippen LogP contribution in [0, 0.1) is 0 Å². The van der Waals surface area contributed by atoms with Crippen LogP contribution in [0.2, 0.25) is 0 Å². The van der Waals surface area contributed by atoms with Crippen LogP contribution in [0.4, 0.5) is 5.82 Å². The predicted molar refractivity (Wildman–Crippen MR) is 90.5 cm³/mol. The van der Waals surface area contributed by atoms with Crippen LogP contribution in [0.25, 0.3) is 22.2 Å². The number of anilines is 1. The van der Waals surface area contributed by atoms with E-state index in [4.69, 9.17) is 4.52 Å². The number of thiophene rings is 1. The molecule has 0 radical (unpaired) electrons. The molecule has 7 heteroatoms. The van der Waals surface area contributed by atoms with Gasteiger partial charge in [-0.1, -0.05) is 11.2 Å². The van der Waals surface area contributed by atoms with Crippen molar-refractivity contribution in [2.75, 3.05) is 31.1 Å². The summed E-state index contributed by atoms with van der Waals surface area (Å²) < 4.78 is 5.36. The maximum Gasteiger partial charge on any atom is 0.259 e. The topological polar surface area (TPSA) is 67.1 Å². The molecule has 3 aromatic rings. The molecule has 1 N–H and O–H groups in total. The van der Waals surface area contributed by atoms with Crippen molar-refractivity contribution in [2.24, 2.45) is 0 Å². The molecule has 0 aromatic carbocycles. The van der Waals surface area contributed by atoms with E-state index in [2.05, 4.69) is 25.3 Å². The molecule has 0 aliphatic carbocycles. The fourth-order valence-corrected chi connectivity index (χ4v) is 3.27. The van der Waals surface area contributed by atoms with Gasteiger partial charge in [0, 0.05) is 25.8 Å². The van der Waals surface area contributed by atoms with E-state index in [1.165, 1.54) is 0 Å². The Kier molecular flexibility index (Phi) is 4.04.